The van der Waals surface area contributed by atoms with Crippen LogP contribution in [0.1, 0.15) is 48.5 Å². The fraction of sp³-hybridized carbons (Fsp3) is 0.538. The van der Waals surface area contributed by atoms with Gasteiger partial charge in [0.15, 0.2) is 5.79 Å². The highest BCUT2D eigenvalue weighted by molar-refractivity contribution is 6.99. The second-order valence-electron chi connectivity index (χ2n) is 11.2. The standard InChI is InChI=1S/C26H35N3O5Si/c1-22(2,3)35(19-14-10-8-11-15-19,20-16-12-9-13-17-20)31-18-26(30)21(28-29-27)24(6)25(7,34-26)33-23(4,5)32-24/h8-17,21,30H,18H2,1-7H3/t21-,24+,25-,26+/m0/s1. The molecule has 9 heteroatoms. The van der Waals surface area contributed by atoms with Crippen LogP contribution in [-0.2, 0) is 18.6 Å². The van der Waals surface area contributed by atoms with Crippen LogP contribution in [0.15, 0.2) is 65.8 Å². The lowest BCUT2D eigenvalue weighted by Crippen LogP contribution is -2.68. The summed E-state index contributed by atoms with van der Waals surface area (Å²) in [4.78, 5) is 3.01. The predicted molar refractivity (Wildman–Crippen MR) is 136 cm³/mol. The van der Waals surface area contributed by atoms with E-state index in [1.54, 1.807) is 27.7 Å². The Kier molecular flexibility index (Phi) is 6.22. The summed E-state index contributed by atoms with van der Waals surface area (Å²) in [5, 5.41) is 17.6. The Balaban J connectivity index is 1.80. The van der Waals surface area contributed by atoms with Crippen LogP contribution >= 0.6 is 0 Å². The number of hydrogen-bond donors (Lipinski definition) is 1. The van der Waals surface area contributed by atoms with Crippen LogP contribution in [0, 0.1) is 0 Å². The van der Waals surface area contributed by atoms with Gasteiger partial charge in [0, 0.05) is 4.91 Å². The Labute approximate surface area is 207 Å². The second-order valence-corrected chi connectivity index (χ2v) is 15.5. The van der Waals surface area contributed by atoms with E-state index in [0.29, 0.717) is 0 Å². The molecular formula is C26H35N3O5Si. The second kappa shape index (κ2) is 8.42. The Morgan fingerprint density at radius 3 is 1.91 bits per heavy atom. The molecule has 0 radical (unpaired) electrons. The fourth-order valence-electron chi connectivity index (χ4n) is 5.78. The number of nitrogens with zero attached hydrogens (tertiary/aromatic N) is 3. The Hall–Kier alpha value is -2.23. The molecule has 0 aromatic heterocycles. The van der Waals surface area contributed by atoms with Gasteiger partial charge in [0.25, 0.3) is 8.32 Å². The summed E-state index contributed by atoms with van der Waals surface area (Å²) in [6.45, 7) is 13.2. The van der Waals surface area contributed by atoms with Gasteiger partial charge in [-0.1, -0.05) is 86.5 Å². The van der Waals surface area contributed by atoms with Crippen molar-refractivity contribution in [3.63, 3.8) is 0 Å². The Morgan fingerprint density at radius 2 is 1.46 bits per heavy atom. The number of aliphatic hydroxyl groups is 1. The summed E-state index contributed by atoms with van der Waals surface area (Å²) in [6, 6.07) is 19.1. The topological polar surface area (TPSA) is 106 Å². The molecule has 4 atom stereocenters. The Morgan fingerprint density at radius 1 is 0.943 bits per heavy atom. The van der Waals surface area contributed by atoms with Crippen LogP contribution < -0.4 is 10.4 Å². The molecule has 0 bridgehead atoms. The van der Waals surface area contributed by atoms with Crippen molar-refractivity contribution in [3.8, 4) is 0 Å². The predicted octanol–water partition coefficient (Wildman–Crippen LogP) is 4.22. The molecule has 0 saturated carbocycles. The SMILES string of the molecule is CC1(C)O[C@@]2(C)O[C@](O)(CO[Si](c3ccccc3)(c3ccccc3)C(C)(C)C)[C@@H](N=[N+]=[N-])[C@@]2(C)O1. The van der Waals surface area contributed by atoms with Gasteiger partial charge in [-0.25, -0.2) is 0 Å². The highest BCUT2D eigenvalue weighted by Crippen LogP contribution is 2.56. The van der Waals surface area contributed by atoms with E-state index in [0.717, 1.165) is 10.4 Å². The van der Waals surface area contributed by atoms with Crippen molar-refractivity contribution in [2.45, 2.75) is 82.5 Å². The van der Waals surface area contributed by atoms with Crippen LogP contribution in [0.3, 0.4) is 0 Å². The van der Waals surface area contributed by atoms with Gasteiger partial charge in [0.2, 0.25) is 11.6 Å². The zero-order valence-electron chi connectivity index (χ0n) is 21.5. The molecule has 2 aromatic rings. The summed E-state index contributed by atoms with van der Waals surface area (Å²) < 4.78 is 25.3. The van der Waals surface area contributed by atoms with Crippen molar-refractivity contribution >= 4 is 18.7 Å². The minimum absolute atomic E-state index is 0.234. The third kappa shape index (κ3) is 4.01. The minimum Gasteiger partial charge on any atom is -0.402 e. The van der Waals surface area contributed by atoms with Gasteiger partial charge >= 0.3 is 0 Å². The molecule has 2 aliphatic rings. The molecule has 0 amide bonds. The van der Waals surface area contributed by atoms with Crippen LogP contribution in [0.4, 0.5) is 0 Å². The van der Waals surface area contributed by atoms with E-state index in [-0.39, 0.29) is 11.6 Å². The molecule has 8 nitrogen and oxygen atoms in total. The summed E-state index contributed by atoms with van der Waals surface area (Å²) in [6.07, 6.45) is 0. The first-order valence-electron chi connectivity index (χ1n) is 11.9. The van der Waals surface area contributed by atoms with E-state index in [1.807, 2.05) is 36.4 Å². The van der Waals surface area contributed by atoms with Gasteiger partial charge in [-0.05, 0) is 48.6 Å². The number of rotatable bonds is 6. The molecule has 2 heterocycles. The van der Waals surface area contributed by atoms with Crippen LogP contribution in [0.2, 0.25) is 5.04 Å². The maximum atomic E-state index is 11.9. The summed E-state index contributed by atoms with van der Waals surface area (Å²) in [7, 11) is -2.99. The van der Waals surface area contributed by atoms with E-state index in [2.05, 4.69) is 55.1 Å². The van der Waals surface area contributed by atoms with Gasteiger partial charge in [-0.2, -0.15) is 0 Å². The molecule has 2 fully saturated rings. The lowest BCUT2D eigenvalue weighted by atomic mass is 9.88. The van der Waals surface area contributed by atoms with E-state index < -0.39 is 37.3 Å². The van der Waals surface area contributed by atoms with Gasteiger partial charge in [0.05, 0.1) is 6.61 Å². The molecule has 4 rings (SSSR count). The maximum Gasteiger partial charge on any atom is 0.261 e. The van der Waals surface area contributed by atoms with E-state index in [9.17, 15) is 10.6 Å². The minimum atomic E-state index is -2.99. The molecular weight excluding hydrogens is 462 g/mol. The van der Waals surface area contributed by atoms with Crippen molar-refractivity contribution in [1.82, 2.24) is 0 Å². The third-order valence-electron chi connectivity index (χ3n) is 7.20. The van der Waals surface area contributed by atoms with Crippen molar-refractivity contribution in [2.75, 3.05) is 6.61 Å². The first-order chi connectivity index (χ1) is 16.2. The van der Waals surface area contributed by atoms with Crippen molar-refractivity contribution in [3.05, 3.63) is 71.1 Å². The van der Waals surface area contributed by atoms with E-state index in [1.165, 1.54) is 0 Å². The molecule has 0 aliphatic carbocycles. The molecule has 188 valence electrons. The number of azide groups is 1. The first kappa shape index (κ1) is 25.8. The van der Waals surface area contributed by atoms with Crippen molar-refractivity contribution < 1.29 is 23.7 Å². The zero-order valence-corrected chi connectivity index (χ0v) is 22.5. The molecule has 0 unspecified atom stereocenters. The normalized spacial score (nSPS) is 32.2. The van der Waals surface area contributed by atoms with Crippen molar-refractivity contribution in [1.29, 1.82) is 0 Å². The molecule has 35 heavy (non-hydrogen) atoms. The smallest absolute Gasteiger partial charge is 0.261 e. The van der Waals surface area contributed by atoms with Crippen LogP contribution in [-0.4, -0.2) is 49.0 Å². The quantitative estimate of drug-likeness (QED) is 0.278. The lowest BCUT2D eigenvalue weighted by molar-refractivity contribution is -0.326. The summed E-state index contributed by atoms with van der Waals surface area (Å²) >= 11 is 0. The lowest BCUT2D eigenvalue weighted by Gasteiger charge is -2.45. The fourth-order valence-corrected chi connectivity index (χ4v) is 10.4. The molecule has 2 aliphatic heterocycles. The monoisotopic (exact) mass is 497 g/mol. The van der Waals surface area contributed by atoms with E-state index in [4.69, 9.17) is 18.6 Å². The van der Waals surface area contributed by atoms with Gasteiger partial charge in [-0.3, -0.25) is 0 Å². The average Bonchev–Trinajstić information content (AvgIpc) is 3.04. The van der Waals surface area contributed by atoms with Crippen LogP contribution in [0.5, 0.6) is 0 Å². The number of ether oxygens (including phenoxy) is 3. The largest absolute Gasteiger partial charge is 0.402 e. The highest BCUT2D eigenvalue weighted by atomic mass is 28.4. The number of hydrogen-bond acceptors (Lipinski definition) is 6. The van der Waals surface area contributed by atoms with Gasteiger partial charge in [-0.15, -0.1) is 0 Å². The van der Waals surface area contributed by atoms with Gasteiger partial charge < -0.3 is 23.7 Å². The Bertz CT molecular complexity index is 1080. The van der Waals surface area contributed by atoms with Crippen molar-refractivity contribution in [2.24, 2.45) is 5.11 Å². The third-order valence-corrected chi connectivity index (χ3v) is 12.2. The molecule has 2 saturated heterocycles. The molecule has 1 N–H and O–H groups in total. The summed E-state index contributed by atoms with van der Waals surface area (Å²) in [5.74, 6) is -4.30. The molecule has 0 spiro atoms. The number of benzene rings is 2. The van der Waals surface area contributed by atoms with Gasteiger partial charge in [0.1, 0.15) is 11.6 Å². The zero-order chi connectivity index (χ0) is 25.8. The molecule has 2 aromatic carbocycles. The highest BCUT2D eigenvalue weighted by Gasteiger charge is 2.75. The maximum absolute atomic E-state index is 11.9. The summed E-state index contributed by atoms with van der Waals surface area (Å²) in [5.41, 5.74) is 8.15. The average molecular weight is 498 g/mol. The number of fused-ring (bicyclic) bond motifs is 1. The first-order valence-corrected chi connectivity index (χ1v) is 13.8. The van der Waals surface area contributed by atoms with E-state index >= 15 is 0 Å². The van der Waals surface area contributed by atoms with Crippen LogP contribution in [0.25, 0.3) is 10.4 Å².